The Hall–Kier alpha value is -3.90. The molecule has 0 N–H and O–H groups in total. The summed E-state index contributed by atoms with van der Waals surface area (Å²) in [6.45, 7) is 5.07. The van der Waals surface area contributed by atoms with E-state index < -0.39 is 60.9 Å². The van der Waals surface area contributed by atoms with E-state index in [-0.39, 0.29) is 25.0 Å². The summed E-state index contributed by atoms with van der Waals surface area (Å²) in [5.74, 6) is -1.35. The summed E-state index contributed by atoms with van der Waals surface area (Å²) in [6, 6.07) is 7.55. The summed E-state index contributed by atoms with van der Waals surface area (Å²) < 4.78 is 46.5. The molecule has 2 aromatic carbocycles. The van der Waals surface area contributed by atoms with Crippen molar-refractivity contribution in [2.45, 2.75) is 89.4 Å². The van der Waals surface area contributed by atoms with Crippen molar-refractivity contribution >= 4 is 34.6 Å². The number of hydrogen-bond donors (Lipinski definition) is 0. The lowest BCUT2D eigenvalue weighted by Crippen LogP contribution is -2.52. The van der Waals surface area contributed by atoms with Crippen LogP contribution in [0.1, 0.15) is 63.5 Å². The topological polar surface area (TPSA) is 142 Å². The van der Waals surface area contributed by atoms with Gasteiger partial charge in [-0.2, -0.15) is 0 Å². The summed E-state index contributed by atoms with van der Waals surface area (Å²) in [6.07, 6.45) is -3.28. The summed E-state index contributed by atoms with van der Waals surface area (Å²) in [4.78, 5) is 47.5. The fraction of sp³-hybridized carbons (Fsp3) is 0.533. The van der Waals surface area contributed by atoms with Gasteiger partial charge >= 0.3 is 23.9 Å². The van der Waals surface area contributed by atoms with E-state index in [9.17, 15) is 19.2 Å². The molecule has 4 aliphatic rings. The molecular weight excluding hydrogens is 552 g/mol. The Kier molecular flexibility index (Phi) is 7.44. The van der Waals surface area contributed by atoms with E-state index in [0.717, 1.165) is 21.9 Å². The van der Waals surface area contributed by atoms with Crippen LogP contribution in [-0.4, -0.2) is 74.1 Å². The molecule has 0 aromatic heterocycles. The molecular formula is C30H32O12. The van der Waals surface area contributed by atoms with Crippen LogP contribution in [0, 0.1) is 0 Å². The van der Waals surface area contributed by atoms with Gasteiger partial charge in [0.2, 0.25) is 12.6 Å². The first kappa shape index (κ1) is 28.2. The minimum absolute atomic E-state index is 0.0930. The molecule has 224 valence electrons. The van der Waals surface area contributed by atoms with Gasteiger partial charge in [0.05, 0.1) is 0 Å². The second-order valence-corrected chi connectivity index (χ2v) is 10.9. The third kappa shape index (κ3) is 5.24. The third-order valence-electron chi connectivity index (χ3n) is 8.04. The van der Waals surface area contributed by atoms with Crippen molar-refractivity contribution in [1.29, 1.82) is 0 Å². The molecule has 2 saturated heterocycles. The normalized spacial score (nSPS) is 30.5. The molecule has 0 amide bonds. The van der Waals surface area contributed by atoms with Gasteiger partial charge in [0, 0.05) is 63.5 Å². The van der Waals surface area contributed by atoms with Gasteiger partial charge in [-0.05, 0) is 22.9 Å². The molecule has 2 fully saturated rings. The van der Waals surface area contributed by atoms with Crippen molar-refractivity contribution < 1.29 is 57.1 Å². The highest BCUT2D eigenvalue weighted by Gasteiger charge is 2.50. The van der Waals surface area contributed by atoms with E-state index in [0.29, 0.717) is 24.3 Å². The lowest BCUT2D eigenvalue weighted by Gasteiger charge is -2.46. The van der Waals surface area contributed by atoms with Crippen LogP contribution in [0.2, 0.25) is 0 Å². The fourth-order valence-electron chi connectivity index (χ4n) is 6.61. The quantitative estimate of drug-likeness (QED) is 0.364. The fourth-order valence-corrected chi connectivity index (χ4v) is 6.61. The molecule has 0 unspecified atom stereocenters. The third-order valence-corrected chi connectivity index (χ3v) is 8.04. The first-order valence-corrected chi connectivity index (χ1v) is 13.9. The zero-order valence-corrected chi connectivity index (χ0v) is 23.7. The summed E-state index contributed by atoms with van der Waals surface area (Å²) in [5, 5.41) is 1.71. The molecule has 12 nitrogen and oxygen atoms in total. The van der Waals surface area contributed by atoms with Crippen molar-refractivity contribution in [3.05, 3.63) is 35.4 Å². The Labute approximate surface area is 241 Å². The number of benzene rings is 2. The minimum atomic E-state index is -0.729. The van der Waals surface area contributed by atoms with Crippen LogP contribution in [-0.2, 0) is 47.6 Å². The molecule has 6 rings (SSSR count). The van der Waals surface area contributed by atoms with E-state index in [1.807, 2.05) is 24.3 Å². The Balaban J connectivity index is 1.44. The zero-order valence-electron chi connectivity index (χ0n) is 23.7. The molecule has 4 heterocycles. The molecule has 4 aliphatic heterocycles. The number of fused-ring (bicyclic) bond motifs is 11. The second kappa shape index (κ2) is 11.1. The molecule has 12 heteroatoms. The number of hydrogen-bond acceptors (Lipinski definition) is 12. The van der Waals surface area contributed by atoms with Crippen LogP contribution >= 0.6 is 0 Å². The second-order valence-electron chi connectivity index (χ2n) is 10.9. The lowest BCUT2D eigenvalue weighted by atomic mass is 9.77. The van der Waals surface area contributed by atoms with Gasteiger partial charge in [0.1, 0.15) is 49.1 Å². The van der Waals surface area contributed by atoms with Crippen molar-refractivity contribution in [3.63, 3.8) is 0 Å². The molecule has 0 aliphatic carbocycles. The van der Waals surface area contributed by atoms with Gasteiger partial charge < -0.3 is 37.9 Å². The monoisotopic (exact) mass is 584 g/mol. The zero-order chi connectivity index (χ0) is 29.7. The van der Waals surface area contributed by atoms with Gasteiger partial charge in [-0.3, -0.25) is 19.2 Å². The number of carbonyl (C=O) groups is 4. The number of rotatable bonds is 6. The highest BCUT2D eigenvalue weighted by molar-refractivity contribution is 5.93. The Bertz CT molecular complexity index is 1330. The average Bonchev–Trinajstić information content (AvgIpc) is 2.92. The number of ether oxygens (including phenoxy) is 8. The van der Waals surface area contributed by atoms with E-state index in [1.165, 1.54) is 27.7 Å². The van der Waals surface area contributed by atoms with Gasteiger partial charge in [-0.1, -0.05) is 12.1 Å². The first-order chi connectivity index (χ1) is 20.1. The predicted octanol–water partition coefficient (Wildman–Crippen LogP) is 3.01. The largest absolute Gasteiger partial charge is 0.465 e. The molecule has 0 saturated carbocycles. The molecule has 0 radical (unpaired) electrons. The van der Waals surface area contributed by atoms with Crippen LogP contribution < -0.4 is 9.47 Å². The molecule has 0 spiro atoms. The van der Waals surface area contributed by atoms with Crippen LogP contribution in [0.25, 0.3) is 10.8 Å². The van der Waals surface area contributed by atoms with Crippen LogP contribution in [0.4, 0.5) is 0 Å². The van der Waals surface area contributed by atoms with Crippen molar-refractivity contribution in [2.24, 2.45) is 0 Å². The van der Waals surface area contributed by atoms with E-state index in [1.54, 1.807) is 0 Å². The maximum Gasteiger partial charge on any atom is 0.303 e. The maximum absolute atomic E-state index is 12.2. The number of carbonyl (C=O) groups excluding carboxylic acids is 4. The highest BCUT2D eigenvalue weighted by Crippen LogP contribution is 2.52. The van der Waals surface area contributed by atoms with Crippen molar-refractivity contribution in [1.82, 2.24) is 0 Å². The van der Waals surface area contributed by atoms with E-state index in [4.69, 9.17) is 37.9 Å². The maximum atomic E-state index is 12.2. The van der Waals surface area contributed by atoms with Crippen LogP contribution in [0.5, 0.6) is 11.5 Å². The molecule has 8 atom stereocenters. The van der Waals surface area contributed by atoms with Gasteiger partial charge in [0.15, 0.2) is 0 Å². The van der Waals surface area contributed by atoms with Gasteiger partial charge in [-0.25, -0.2) is 0 Å². The van der Waals surface area contributed by atoms with E-state index >= 15 is 0 Å². The van der Waals surface area contributed by atoms with Gasteiger partial charge in [-0.15, -0.1) is 0 Å². The Morgan fingerprint density at radius 2 is 1.05 bits per heavy atom. The standard InChI is InChI=1S/C30H32O12/c1-13(31)35-11-23-29(37-15(3)33)19-9-25(41-23)39-21-7-6-18-17(27(19)21)5-8-22-28(18)20-10-26(40-22)42-24(12-36-14(2)32)30(20)38-16(4)34/h5-8,19-20,23-26,29-30H,9-12H2,1-4H3/t19-,20-,23+,24+,25-,26-,29+,30+/m0/s1. The SMILES string of the molecule is CC(=O)OC[C@H]1O[C@H]2C[C@@H](c3c(ccc4c5c(ccc34)O[C@@H]3C[C@@H]5[C@@H](OC(C)=O)[C@@H](COC(C)=O)O3)O2)[C@H]1OC(C)=O. The summed E-state index contributed by atoms with van der Waals surface area (Å²) in [7, 11) is 0. The molecule has 4 bridgehead atoms. The number of esters is 4. The van der Waals surface area contributed by atoms with Crippen molar-refractivity contribution in [2.75, 3.05) is 13.2 Å². The molecule has 42 heavy (non-hydrogen) atoms. The first-order valence-electron chi connectivity index (χ1n) is 13.9. The predicted molar refractivity (Wildman–Crippen MR) is 142 cm³/mol. The summed E-state index contributed by atoms with van der Waals surface area (Å²) in [5.41, 5.74) is 1.67. The smallest absolute Gasteiger partial charge is 0.303 e. The minimum Gasteiger partial charge on any atom is -0.465 e. The molecule has 2 aromatic rings. The average molecular weight is 585 g/mol. The highest BCUT2D eigenvalue weighted by atomic mass is 16.7. The van der Waals surface area contributed by atoms with Crippen LogP contribution in [0.15, 0.2) is 24.3 Å². The van der Waals surface area contributed by atoms with Crippen LogP contribution in [0.3, 0.4) is 0 Å². The lowest BCUT2D eigenvalue weighted by molar-refractivity contribution is -0.226. The Morgan fingerprint density at radius 3 is 1.40 bits per heavy atom. The van der Waals surface area contributed by atoms with E-state index in [2.05, 4.69) is 0 Å². The Morgan fingerprint density at radius 1 is 0.643 bits per heavy atom. The van der Waals surface area contributed by atoms with Crippen molar-refractivity contribution in [3.8, 4) is 11.5 Å². The van der Waals surface area contributed by atoms with Gasteiger partial charge in [0.25, 0.3) is 0 Å². The summed E-state index contributed by atoms with van der Waals surface area (Å²) >= 11 is 0.